The Labute approximate surface area is 187 Å². The molecule has 1 aliphatic rings. The van der Waals surface area contributed by atoms with Crippen LogP contribution in [0.2, 0.25) is 5.02 Å². The van der Waals surface area contributed by atoms with Gasteiger partial charge >= 0.3 is 6.03 Å². The zero-order valence-electron chi connectivity index (χ0n) is 17.2. The van der Waals surface area contributed by atoms with Crippen molar-refractivity contribution >= 4 is 29.3 Å². The highest BCUT2D eigenvalue weighted by molar-refractivity contribution is 6.30. The number of ether oxygens (including phenoxy) is 1. The van der Waals surface area contributed by atoms with Gasteiger partial charge < -0.3 is 21.1 Å². The van der Waals surface area contributed by atoms with E-state index in [2.05, 4.69) is 27.8 Å². The van der Waals surface area contributed by atoms with Gasteiger partial charge in [-0.3, -0.25) is 4.79 Å². The lowest BCUT2D eigenvalue weighted by Crippen LogP contribution is -2.49. The Morgan fingerprint density at radius 3 is 2.74 bits per heavy atom. The lowest BCUT2D eigenvalue weighted by molar-refractivity contribution is -0.123. The fraction of sp³-hybridized carbons (Fsp3) is 0.348. The summed E-state index contributed by atoms with van der Waals surface area (Å²) in [5.74, 6) is -0.918. The van der Waals surface area contributed by atoms with Crippen molar-refractivity contribution in [2.24, 2.45) is 16.6 Å². The summed E-state index contributed by atoms with van der Waals surface area (Å²) in [5.41, 5.74) is 7.82. The number of amides is 3. The van der Waals surface area contributed by atoms with Gasteiger partial charge in [-0.1, -0.05) is 54.1 Å². The minimum Gasteiger partial charge on any atom is -0.374 e. The van der Waals surface area contributed by atoms with E-state index in [1.807, 2.05) is 24.3 Å². The predicted molar refractivity (Wildman–Crippen MR) is 121 cm³/mol. The number of nitrogens with two attached hydrogens (primary N) is 1. The molecule has 3 rings (SSSR count). The molecule has 0 fully saturated rings. The van der Waals surface area contributed by atoms with Crippen LogP contribution in [0.4, 0.5) is 4.79 Å². The van der Waals surface area contributed by atoms with Crippen molar-refractivity contribution in [3.05, 3.63) is 70.7 Å². The van der Waals surface area contributed by atoms with Crippen molar-refractivity contribution in [1.82, 2.24) is 10.6 Å². The molecule has 8 heteroatoms. The van der Waals surface area contributed by atoms with Gasteiger partial charge in [-0.25, -0.2) is 4.79 Å². The number of nitrogens with one attached hydrogen (secondary N) is 2. The Hall–Kier alpha value is -2.74. The first-order valence-corrected chi connectivity index (χ1v) is 10.7. The molecule has 31 heavy (non-hydrogen) atoms. The molecule has 0 spiro atoms. The molecule has 2 aromatic carbocycles. The molecular weight excluding hydrogens is 416 g/mol. The quantitative estimate of drug-likeness (QED) is 0.492. The number of nitrogens with zero attached hydrogens (tertiary/aromatic N) is 1. The van der Waals surface area contributed by atoms with Gasteiger partial charge in [0.2, 0.25) is 5.91 Å². The van der Waals surface area contributed by atoms with E-state index in [1.54, 1.807) is 18.2 Å². The Bertz CT molecular complexity index is 920. The molecule has 0 aromatic heterocycles. The van der Waals surface area contributed by atoms with Gasteiger partial charge in [0.1, 0.15) is 5.92 Å². The maximum atomic E-state index is 13.2. The van der Waals surface area contributed by atoms with Crippen molar-refractivity contribution in [2.75, 3.05) is 26.3 Å². The van der Waals surface area contributed by atoms with Crippen LogP contribution in [0.1, 0.15) is 23.6 Å². The number of rotatable bonds is 10. The smallest absolute Gasteiger partial charge is 0.341 e. The molecule has 0 bridgehead atoms. The number of benzene rings is 2. The molecule has 2 aromatic rings. The van der Waals surface area contributed by atoms with Crippen molar-refractivity contribution < 1.29 is 14.3 Å². The Balaban J connectivity index is 1.73. The molecule has 4 N–H and O–H groups in total. The van der Waals surface area contributed by atoms with Crippen LogP contribution >= 0.6 is 11.6 Å². The summed E-state index contributed by atoms with van der Waals surface area (Å²) in [6.45, 7) is 1.22. The molecule has 3 amide bonds. The van der Waals surface area contributed by atoms with Gasteiger partial charge in [0, 0.05) is 18.1 Å². The number of aliphatic imine (C=N–C) groups is 1. The molecule has 2 atom stereocenters. The number of hydrogen-bond donors (Lipinski definition) is 3. The van der Waals surface area contributed by atoms with Crippen LogP contribution in [-0.2, 0) is 16.0 Å². The number of carbonyl (C=O) groups is 2. The van der Waals surface area contributed by atoms with Gasteiger partial charge in [-0.05, 0) is 36.1 Å². The van der Waals surface area contributed by atoms with Crippen LogP contribution in [-0.4, -0.2) is 44.0 Å². The monoisotopic (exact) mass is 442 g/mol. The highest BCUT2D eigenvalue weighted by Crippen LogP contribution is 2.29. The molecule has 0 aliphatic carbocycles. The van der Waals surface area contributed by atoms with Crippen molar-refractivity contribution in [2.45, 2.75) is 18.9 Å². The first kappa shape index (κ1) is 22.9. The topological polar surface area (TPSA) is 106 Å². The predicted octanol–water partition coefficient (Wildman–Crippen LogP) is 2.89. The molecule has 0 saturated heterocycles. The van der Waals surface area contributed by atoms with Crippen LogP contribution in [0.25, 0.3) is 0 Å². The van der Waals surface area contributed by atoms with Crippen LogP contribution in [0, 0.1) is 5.92 Å². The van der Waals surface area contributed by atoms with E-state index in [0.717, 1.165) is 18.4 Å². The summed E-state index contributed by atoms with van der Waals surface area (Å²) in [7, 11) is 0. The number of aryl methyl sites for hydroxylation is 1. The van der Waals surface area contributed by atoms with E-state index in [0.29, 0.717) is 30.4 Å². The third-order valence-corrected chi connectivity index (χ3v) is 5.24. The van der Waals surface area contributed by atoms with E-state index >= 15 is 0 Å². The molecule has 1 heterocycles. The van der Waals surface area contributed by atoms with E-state index in [1.165, 1.54) is 5.56 Å². The number of carbonyl (C=O) groups excluding carboxylic acids is 2. The first-order valence-electron chi connectivity index (χ1n) is 10.3. The molecule has 7 nitrogen and oxygen atoms in total. The fourth-order valence-corrected chi connectivity index (χ4v) is 3.76. The summed E-state index contributed by atoms with van der Waals surface area (Å²) >= 11 is 6.15. The zero-order valence-corrected chi connectivity index (χ0v) is 18.0. The summed E-state index contributed by atoms with van der Waals surface area (Å²) in [4.78, 5) is 29.4. The highest BCUT2D eigenvalue weighted by atomic mass is 35.5. The van der Waals surface area contributed by atoms with Crippen LogP contribution in [0.3, 0.4) is 0 Å². The van der Waals surface area contributed by atoms with E-state index < -0.39 is 18.0 Å². The maximum Gasteiger partial charge on any atom is 0.341 e. The average molecular weight is 443 g/mol. The van der Waals surface area contributed by atoms with Gasteiger partial charge in [0.25, 0.3) is 0 Å². The van der Waals surface area contributed by atoms with E-state index in [4.69, 9.17) is 22.1 Å². The lowest BCUT2D eigenvalue weighted by Gasteiger charge is -2.31. The second-order valence-electron chi connectivity index (χ2n) is 7.28. The van der Waals surface area contributed by atoms with Crippen molar-refractivity contribution in [1.29, 1.82) is 0 Å². The van der Waals surface area contributed by atoms with Gasteiger partial charge in [0.05, 0.1) is 25.0 Å². The zero-order chi connectivity index (χ0) is 22.1. The third kappa shape index (κ3) is 6.62. The number of urea groups is 1. The molecule has 0 saturated carbocycles. The molecule has 164 valence electrons. The van der Waals surface area contributed by atoms with Gasteiger partial charge in [-0.2, -0.15) is 4.99 Å². The Kier molecular flexibility index (Phi) is 8.58. The van der Waals surface area contributed by atoms with Gasteiger partial charge in [-0.15, -0.1) is 0 Å². The fourth-order valence-electron chi connectivity index (χ4n) is 3.56. The largest absolute Gasteiger partial charge is 0.374 e. The summed E-state index contributed by atoms with van der Waals surface area (Å²) in [6, 6.07) is 16.1. The molecule has 1 aliphatic heterocycles. The second-order valence-corrected chi connectivity index (χ2v) is 7.72. The highest BCUT2D eigenvalue weighted by Gasteiger charge is 2.38. The summed E-state index contributed by atoms with van der Waals surface area (Å²) in [5, 5.41) is 6.31. The van der Waals surface area contributed by atoms with E-state index in [9.17, 15) is 9.59 Å². The van der Waals surface area contributed by atoms with Crippen molar-refractivity contribution in [3.8, 4) is 0 Å². The Morgan fingerprint density at radius 1 is 1.19 bits per heavy atom. The third-order valence-electron chi connectivity index (χ3n) is 5.00. The molecule has 2 unspecified atom stereocenters. The molecule has 0 radical (unpaired) electrons. The van der Waals surface area contributed by atoms with E-state index in [-0.39, 0.29) is 12.5 Å². The second kappa shape index (κ2) is 11.6. The standard InChI is InChI=1S/C23H27ClN4O3/c24-18-10-4-9-17(14-18)21-20(19(15-31-13-11-25)27-23(30)28-21)22(29)26-12-5-8-16-6-2-1-3-7-16/h1-4,6-7,9-10,14,20-21H,5,8,11-13,15,25H2,(H,26,29)(H,28,30). The van der Waals surface area contributed by atoms with Crippen LogP contribution in [0.15, 0.2) is 59.6 Å². The molecular formula is C23H27ClN4O3. The Morgan fingerprint density at radius 2 is 2.00 bits per heavy atom. The lowest BCUT2D eigenvalue weighted by atomic mass is 9.87. The van der Waals surface area contributed by atoms with Gasteiger partial charge in [0.15, 0.2) is 0 Å². The normalized spacial score (nSPS) is 18.3. The van der Waals surface area contributed by atoms with Crippen LogP contribution in [0.5, 0.6) is 0 Å². The maximum absolute atomic E-state index is 13.2. The minimum atomic E-state index is -0.703. The van der Waals surface area contributed by atoms with Crippen molar-refractivity contribution in [3.63, 3.8) is 0 Å². The summed E-state index contributed by atoms with van der Waals surface area (Å²) < 4.78 is 5.50. The number of halogens is 1. The minimum absolute atomic E-state index is 0.0593. The first-order chi connectivity index (χ1) is 15.1. The average Bonchev–Trinajstić information content (AvgIpc) is 2.77. The SMILES string of the molecule is NCCOCC1=NC(=O)NC(c2cccc(Cl)c2)C1C(=O)NCCCc1ccccc1. The number of hydrogen-bond acceptors (Lipinski definition) is 4. The van der Waals surface area contributed by atoms with Crippen LogP contribution < -0.4 is 16.4 Å². The summed E-state index contributed by atoms with van der Waals surface area (Å²) in [6.07, 6.45) is 1.66.